The highest BCUT2D eigenvalue weighted by Gasteiger charge is 2.22. The monoisotopic (exact) mass is 356 g/mol. The highest BCUT2D eigenvalue weighted by molar-refractivity contribution is 5.86. The number of hydrogen-bond acceptors (Lipinski definition) is 8. The molecule has 9 heteroatoms. The summed E-state index contributed by atoms with van der Waals surface area (Å²) in [5.74, 6) is 1.95. The van der Waals surface area contributed by atoms with E-state index in [4.69, 9.17) is 19.9 Å². The minimum Gasteiger partial charge on any atom is -0.493 e. The number of methoxy groups -OCH3 is 2. The zero-order valence-electron chi connectivity index (χ0n) is 14.6. The first-order chi connectivity index (χ1) is 12.7. The van der Waals surface area contributed by atoms with E-state index in [9.17, 15) is 0 Å². The lowest BCUT2D eigenvalue weighted by Crippen LogP contribution is -2.08. The maximum atomic E-state index is 5.92. The molecule has 1 unspecified atom stereocenters. The van der Waals surface area contributed by atoms with Gasteiger partial charge in [0.25, 0.3) is 0 Å². The van der Waals surface area contributed by atoms with Gasteiger partial charge in [-0.1, -0.05) is 0 Å². The number of rotatable bonds is 5. The molecule has 3 aromatic rings. The van der Waals surface area contributed by atoms with Crippen LogP contribution in [0.5, 0.6) is 11.5 Å². The number of nitrogens with one attached hydrogen (secondary N) is 1. The Balaban J connectivity index is 1.72. The van der Waals surface area contributed by atoms with Crippen LogP contribution in [0.1, 0.15) is 19.1 Å². The molecule has 26 heavy (non-hydrogen) atoms. The quantitative estimate of drug-likeness (QED) is 0.717. The third-order valence-corrected chi connectivity index (χ3v) is 4.30. The summed E-state index contributed by atoms with van der Waals surface area (Å²) in [6, 6.07) is 5.50. The fourth-order valence-corrected chi connectivity index (χ4v) is 3.06. The minimum atomic E-state index is -0.0665. The molecule has 3 heterocycles. The van der Waals surface area contributed by atoms with E-state index < -0.39 is 0 Å². The summed E-state index contributed by atoms with van der Waals surface area (Å²) in [5, 5.41) is 3.23. The van der Waals surface area contributed by atoms with E-state index in [1.807, 2.05) is 22.8 Å². The lowest BCUT2D eigenvalue weighted by molar-refractivity contribution is 0.0593. The molecule has 3 N–H and O–H groups in total. The first kappa shape index (κ1) is 16.4. The van der Waals surface area contributed by atoms with E-state index in [0.717, 1.165) is 25.1 Å². The van der Waals surface area contributed by atoms with E-state index in [-0.39, 0.29) is 12.2 Å². The van der Waals surface area contributed by atoms with E-state index in [1.54, 1.807) is 20.5 Å². The maximum Gasteiger partial charge on any atom is 0.224 e. The molecule has 4 rings (SSSR count). The van der Waals surface area contributed by atoms with Crippen LogP contribution < -0.4 is 20.5 Å². The molecule has 9 nitrogen and oxygen atoms in total. The van der Waals surface area contributed by atoms with Crippen molar-refractivity contribution in [3.8, 4) is 11.5 Å². The molecule has 0 amide bonds. The Kier molecular flexibility index (Phi) is 4.21. The normalized spacial score (nSPS) is 16.8. The zero-order chi connectivity index (χ0) is 18.1. The lowest BCUT2D eigenvalue weighted by Gasteiger charge is -2.13. The van der Waals surface area contributed by atoms with Gasteiger partial charge in [-0.25, -0.2) is 4.98 Å². The van der Waals surface area contributed by atoms with Crippen LogP contribution in [-0.4, -0.2) is 40.3 Å². The van der Waals surface area contributed by atoms with Gasteiger partial charge in [-0.15, -0.1) is 0 Å². The van der Waals surface area contributed by atoms with Gasteiger partial charge >= 0.3 is 0 Å². The van der Waals surface area contributed by atoms with Crippen LogP contribution in [0.15, 0.2) is 24.5 Å². The summed E-state index contributed by atoms with van der Waals surface area (Å²) in [5.41, 5.74) is 7.96. The number of nitrogen functional groups attached to an aromatic ring is 1. The Morgan fingerprint density at radius 2 is 2.08 bits per heavy atom. The van der Waals surface area contributed by atoms with Crippen molar-refractivity contribution in [2.45, 2.75) is 19.1 Å². The molecule has 1 saturated heterocycles. The Morgan fingerprint density at radius 1 is 1.23 bits per heavy atom. The number of fused-ring (bicyclic) bond motifs is 1. The number of ether oxygens (including phenoxy) is 3. The van der Waals surface area contributed by atoms with Gasteiger partial charge in [0.05, 0.1) is 20.5 Å². The molecule has 1 atom stereocenters. The molecule has 136 valence electrons. The number of imidazole rings is 1. The number of benzene rings is 1. The van der Waals surface area contributed by atoms with Crippen molar-refractivity contribution in [1.82, 2.24) is 19.5 Å². The molecule has 0 saturated carbocycles. The second-order valence-corrected chi connectivity index (χ2v) is 5.92. The first-order valence-corrected chi connectivity index (χ1v) is 8.30. The summed E-state index contributed by atoms with van der Waals surface area (Å²) in [6.07, 6.45) is 3.59. The summed E-state index contributed by atoms with van der Waals surface area (Å²) in [7, 11) is 3.18. The standard InChI is InChI=1S/C17H20N6O3/c1-24-11-6-5-10(8-12(11)25-2)20-15-14-16(22-17(18)21-15)23(9-19-14)13-4-3-7-26-13/h5-6,8-9,13H,3-4,7H2,1-2H3,(H3,18,20,21,22). The van der Waals surface area contributed by atoms with Crippen LogP contribution in [0.2, 0.25) is 0 Å². The van der Waals surface area contributed by atoms with Gasteiger partial charge in [-0.2, -0.15) is 9.97 Å². The Labute approximate surface area is 150 Å². The van der Waals surface area contributed by atoms with Crippen molar-refractivity contribution in [2.75, 3.05) is 31.9 Å². The molecule has 0 spiro atoms. The van der Waals surface area contributed by atoms with Crippen molar-refractivity contribution in [3.63, 3.8) is 0 Å². The number of aromatic nitrogens is 4. The van der Waals surface area contributed by atoms with Crippen LogP contribution in [-0.2, 0) is 4.74 Å². The van der Waals surface area contributed by atoms with Crippen molar-refractivity contribution < 1.29 is 14.2 Å². The molecule has 1 aliphatic rings. The SMILES string of the molecule is COc1ccc(Nc2nc(N)nc3c2ncn3C2CCCO2)cc1OC. The maximum absolute atomic E-state index is 5.92. The van der Waals surface area contributed by atoms with Gasteiger partial charge in [0.15, 0.2) is 28.5 Å². The Bertz CT molecular complexity index is 936. The van der Waals surface area contributed by atoms with Crippen molar-refractivity contribution in [2.24, 2.45) is 0 Å². The van der Waals surface area contributed by atoms with E-state index in [2.05, 4.69) is 20.3 Å². The average molecular weight is 356 g/mol. The second-order valence-electron chi connectivity index (χ2n) is 5.92. The van der Waals surface area contributed by atoms with Gasteiger partial charge in [0.2, 0.25) is 5.95 Å². The lowest BCUT2D eigenvalue weighted by atomic mass is 10.2. The molecule has 0 aliphatic carbocycles. The smallest absolute Gasteiger partial charge is 0.224 e. The Hall–Kier alpha value is -3.07. The molecule has 0 radical (unpaired) electrons. The predicted octanol–water partition coefficient (Wildman–Crippen LogP) is 2.48. The molecule has 1 aromatic carbocycles. The zero-order valence-corrected chi connectivity index (χ0v) is 14.6. The number of anilines is 3. The first-order valence-electron chi connectivity index (χ1n) is 8.30. The summed E-state index contributed by atoms with van der Waals surface area (Å²) >= 11 is 0. The molecular formula is C17H20N6O3. The number of nitrogens with two attached hydrogens (primary N) is 1. The van der Waals surface area contributed by atoms with Crippen molar-refractivity contribution in [1.29, 1.82) is 0 Å². The third kappa shape index (κ3) is 2.86. The molecule has 2 aromatic heterocycles. The van der Waals surface area contributed by atoms with Crippen molar-refractivity contribution in [3.05, 3.63) is 24.5 Å². The largest absolute Gasteiger partial charge is 0.493 e. The molecular weight excluding hydrogens is 336 g/mol. The number of nitrogens with zero attached hydrogens (tertiary/aromatic N) is 4. The second kappa shape index (κ2) is 6.68. The van der Waals surface area contributed by atoms with Crippen LogP contribution in [0, 0.1) is 0 Å². The summed E-state index contributed by atoms with van der Waals surface area (Å²) < 4.78 is 18.2. The summed E-state index contributed by atoms with van der Waals surface area (Å²) in [6.45, 7) is 0.738. The minimum absolute atomic E-state index is 0.0665. The molecule has 1 aliphatic heterocycles. The van der Waals surface area contributed by atoms with Gasteiger partial charge < -0.3 is 25.3 Å². The van der Waals surface area contributed by atoms with Gasteiger partial charge in [0, 0.05) is 18.4 Å². The predicted molar refractivity (Wildman–Crippen MR) is 96.8 cm³/mol. The van der Waals surface area contributed by atoms with E-state index >= 15 is 0 Å². The van der Waals surface area contributed by atoms with Gasteiger partial charge in [0.1, 0.15) is 6.23 Å². The highest BCUT2D eigenvalue weighted by Crippen LogP contribution is 2.33. The van der Waals surface area contributed by atoms with Crippen LogP contribution in [0.4, 0.5) is 17.5 Å². The van der Waals surface area contributed by atoms with Gasteiger partial charge in [-0.3, -0.25) is 4.57 Å². The third-order valence-electron chi connectivity index (χ3n) is 4.30. The Morgan fingerprint density at radius 3 is 2.81 bits per heavy atom. The summed E-state index contributed by atoms with van der Waals surface area (Å²) in [4.78, 5) is 13.1. The number of hydrogen-bond donors (Lipinski definition) is 2. The van der Waals surface area contributed by atoms with Crippen LogP contribution in [0.25, 0.3) is 11.2 Å². The molecule has 1 fully saturated rings. The topological polar surface area (TPSA) is 109 Å². The van der Waals surface area contributed by atoms with E-state index in [0.29, 0.717) is 28.5 Å². The highest BCUT2D eigenvalue weighted by atomic mass is 16.5. The van der Waals surface area contributed by atoms with Crippen molar-refractivity contribution >= 4 is 28.6 Å². The van der Waals surface area contributed by atoms with Gasteiger partial charge in [-0.05, 0) is 25.0 Å². The molecule has 0 bridgehead atoms. The fraction of sp³-hybridized carbons (Fsp3) is 0.353. The van der Waals surface area contributed by atoms with Crippen LogP contribution in [0.3, 0.4) is 0 Å². The fourth-order valence-electron chi connectivity index (χ4n) is 3.06. The average Bonchev–Trinajstić information content (AvgIpc) is 3.30. The van der Waals surface area contributed by atoms with Crippen LogP contribution >= 0.6 is 0 Å². The van der Waals surface area contributed by atoms with E-state index in [1.165, 1.54) is 0 Å².